The molecular formula is C22H22N8. The van der Waals surface area contributed by atoms with Gasteiger partial charge in [-0.25, -0.2) is 9.97 Å². The highest BCUT2D eigenvalue weighted by molar-refractivity contribution is 5.96. The molecule has 150 valence electrons. The zero-order chi connectivity index (χ0) is 20.1. The third kappa shape index (κ3) is 2.80. The van der Waals surface area contributed by atoms with E-state index in [1.807, 2.05) is 42.6 Å². The summed E-state index contributed by atoms with van der Waals surface area (Å²) in [5.74, 6) is 0.550. The van der Waals surface area contributed by atoms with Crippen LogP contribution in [-0.4, -0.2) is 47.8 Å². The molecule has 0 bridgehead atoms. The van der Waals surface area contributed by atoms with Gasteiger partial charge in [-0.2, -0.15) is 5.10 Å². The van der Waals surface area contributed by atoms with Crippen LogP contribution in [0.1, 0.15) is 30.0 Å². The Bertz CT molecular complexity index is 1350. The Balaban J connectivity index is 1.47. The summed E-state index contributed by atoms with van der Waals surface area (Å²) >= 11 is 0. The van der Waals surface area contributed by atoms with Crippen molar-refractivity contribution in [2.24, 2.45) is 0 Å². The van der Waals surface area contributed by atoms with Crippen LogP contribution in [0.15, 0.2) is 43.2 Å². The molecule has 5 aromatic rings. The first-order valence-corrected chi connectivity index (χ1v) is 10.3. The maximum absolute atomic E-state index is 4.65. The third-order valence-corrected chi connectivity index (χ3v) is 6.02. The summed E-state index contributed by atoms with van der Waals surface area (Å²) < 4.78 is 2.00. The second-order valence-corrected chi connectivity index (χ2v) is 7.99. The molecule has 0 amide bonds. The highest BCUT2D eigenvalue weighted by Gasteiger charge is 2.19. The molecule has 0 atom stereocenters. The highest BCUT2D eigenvalue weighted by atomic mass is 15.2. The molecule has 6 heterocycles. The first-order valence-electron chi connectivity index (χ1n) is 10.3. The van der Waals surface area contributed by atoms with Crippen LogP contribution in [0.2, 0.25) is 0 Å². The second-order valence-electron chi connectivity index (χ2n) is 7.99. The Kier molecular flexibility index (Phi) is 3.92. The molecule has 1 fully saturated rings. The van der Waals surface area contributed by atoms with Crippen LogP contribution < -0.4 is 5.32 Å². The minimum absolute atomic E-state index is 0.550. The van der Waals surface area contributed by atoms with E-state index in [9.17, 15) is 0 Å². The van der Waals surface area contributed by atoms with Crippen molar-refractivity contribution in [1.82, 2.24) is 40.0 Å². The fourth-order valence-electron chi connectivity index (χ4n) is 4.43. The minimum Gasteiger partial charge on any atom is -0.352 e. The zero-order valence-corrected chi connectivity index (χ0v) is 16.7. The van der Waals surface area contributed by atoms with E-state index < -0.39 is 0 Å². The van der Waals surface area contributed by atoms with E-state index in [4.69, 9.17) is 0 Å². The molecule has 0 spiro atoms. The Morgan fingerprint density at radius 1 is 1.03 bits per heavy atom. The van der Waals surface area contributed by atoms with Crippen molar-refractivity contribution in [1.29, 1.82) is 0 Å². The Hall–Kier alpha value is -3.52. The van der Waals surface area contributed by atoms with Gasteiger partial charge in [0.05, 0.1) is 41.3 Å². The molecule has 1 saturated heterocycles. The molecule has 0 radical (unpaired) electrons. The number of aromatic nitrogens is 7. The zero-order valence-electron chi connectivity index (χ0n) is 16.7. The van der Waals surface area contributed by atoms with E-state index in [1.165, 1.54) is 5.56 Å². The number of rotatable bonds is 3. The topological polar surface area (TPSA) is 100 Å². The van der Waals surface area contributed by atoms with Crippen LogP contribution in [0, 0.1) is 6.92 Å². The number of nitrogens with one attached hydrogen (secondary N) is 3. The fraction of sp³-hybridized carbons (Fsp3) is 0.273. The number of hydrogen-bond donors (Lipinski definition) is 3. The molecule has 0 unspecified atom stereocenters. The van der Waals surface area contributed by atoms with Gasteiger partial charge in [-0.05, 0) is 56.5 Å². The summed E-state index contributed by atoms with van der Waals surface area (Å²) in [6, 6.07) is 4.38. The second kappa shape index (κ2) is 6.77. The lowest BCUT2D eigenvalue weighted by molar-refractivity contribution is 0.460. The number of pyridine rings is 2. The number of imidazole rings is 1. The van der Waals surface area contributed by atoms with Crippen LogP contribution in [-0.2, 0) is 0 Å². The van der Waals surface area contributed by atoms with Crippen LogP contribution >= 0.6 is 0 Å². The van der Waals surface area contributed by atoms with Gasteiger partial charge in [0.1, 0.15) is 5.69 Å². The summed E-state index contributed by atoms with van der Waals surface area (Å²) in [5, 5.41) is 13.2. The van der Waals surface area contributed by atoms with Crippen LogP contribution in [0.25, 0.3) is 39.0 Å². The molecule has 8 nitrogen and oxygen atoms in total. The average molecular weight is 398 g/mol. The van der Waals surface area contributed by atoms with Gasteiger partial charge in [0.2, 0.25) is 0 Å². The van der Waals surface area contributed by atoms with Crippen molar-refractivity contribution in [3.05, 3.63) is 54.5 Å². The van der Waals surface area contributed by atoms with Crippen molar-refractivity contribution < 1.29 is 0 Å². The van der Waals surface area contributed by atoms with Crippen molar-refractivity contribution >= 4 is 21.9 Å². The molecule has 3 N–H and O–H groups in total. The molecule has 5 aromatic heterocycles. The molecule has 1 aliphatic rings. The van der Waals surface area contributed by atoms with E-state index in [-0.39, 0.29) is 0 Å². The molecule has 8 heteroatoms. The molecule has 6 rings (SSSR count). The molecule has 0 aromatic carbocycles. The predicted octanol–water partition coefficient (Wildman–Crippen LogP) is 3.46. The normalized spacial score (nSPS) is 15.4. The van der Waals surface area contributed by atoms with Crippen molar-refractivity contribution in [3.8, 4) is 17.1 Å². The fourth-order valence-corrected chi connectivity index (χ4v) is 4.43. The smallest absolute Gasteiger partial charge is 0.155 e. The summed E-state index contributed by atoms with van der Waals surface area (Å²) in [5.41, 5.74) is 6.86. The largest absolute Gasteiger partial charge is 0.352 e. The maximum Gasteiger partial charge on any atom is 0.155 e. The van der Waals surface area contributed by atoms with E-state index in [1.54, 1.807) is 0 Å². The predicted molar refractivity (Wildman–Crippen MR) is 116 cm³/mol. The van der Waals surface area contributed by atoms with Gasteiger partial charge >= 0.3 is 0 Å². The monoisotopic (exact) mass is 398 g/mol. The van der Waals surface area contributed by atoms with Crippen molar-refractivity contribution in [2.75, 3.05) is 13.1 Å². The van der Waals surface area contributed by atoms with Crippen molar-refractivity contribution in [3.63, 3.8) is 0 Å². The average Bonchev–Trinajstić information content (AvgIpc) is 3.51. The number of nitrogens with zero attached hydrogens (tertiary/aromatic N) is 5. The van der Waals surface area contributed by atoms with E-state index in [2.05, 4.69) is 47.6 Å². The molecule has 30 heavy (non-hydrogen) atoms. The Morgan fingerprint density at radius 3 is 2.77 bits per heavy atom. The lowest BCUT2D eigenvalue weighted by atomic mass is 9.91. The number of aromatic amines is 2. The molecular weight excluding hydrogens is 376 g/mol. The Morgan fingerprint density at radius 2 is 1.93 bits per heavy atom. The van der Waals surface area contributed by atoms with Gasteiger partial charge in [0.15, 0.2) is 5.65 Å². The van der Waals surface area contributed by atoms with Gasteiger partial charge in [0.25, 0.3) is 0 Å². The van der Waals surface area contributed by atoms with Gasteiger partial charge < -0.3 is 14.9 Å². The first kappa shape index (κ1) is 17.3. The number of fused-ring (bicyclic) bond motifs is 2. The van der Waals surface area contributed by atoms with Crippen LogP contribution in [0.3, 0.4) is 0 Å². The van der Waals surface area contributed by atoms with Crippen molar-refractivity contribution in [2.45, 2.75) is 25.7 Å². The van der Waals surface area contributed by atoms with E-state index in [0.717, 1.165) is 70.6 Å². The summed E-state index contributed by atoms with van der Waals surface area (Å²) in [4.78, 5) is 16.9. The van der Waals surface area contributed by atoms with Gasteiger partial charge in [-0.3, -0.25) is 10.1 Å². The number of H-pyrrole nitrogens is 2. The standard InChI is InChI=1S/C22H22N8/c1-13-11-30(12-26-13)20-10-24-9-19-16(20)7-18(27-19)21-17-6-15(8-25-22(17)29-28-21)14-2-4-23-5-3-14/h6-12,14,23,27H,2-5H2,1H3,(H,25,28,29). The van der Waals surface area contributed by atoms with Crippen LogP contribution in [0.5, 0.6) is 0 Å². The number of piperidine rings is 1. The first-order chi connectivity index (χ1) is 14.8. The molecule has 0 aliphatic carbocycles. The van der Waals surface area contributed by atoms with E-state index in [0.29, 0.717) is 5.92 Å². The van der Waals surface area contributed by atoms with Gasteiger partial charge in [-0.15, -0.1) is 0 Å². The molecule has 0 saturated carbocycles. The quantitative estimate of drug-likeness (QED) is 0.432. The third-order valence-electron chi connectivity index (χ3n) is 6.02. The number of aryl methyl sites for hydroxylation is 1. The van der Waals surface area contributed by atoms with Gasteiger partial charge in [-0.1, -0.05) is 0 Å². The lowest BCUT2D eigenvalue weighted by Gasteiger charge is -2.22. The highest BCUT2D eigenvalue weighted by Crippen LogP contribution is 2.33. The summed E-state index contributed by atoms with van der Waals surface area (Å²) in [6.45, 7) is 4.11. The summed E-state index contributed by atoms with van der Waals surface area (Å²) in [7, 11) is 0. The van der Waals surface area contributed by atoms with E-state index >= 15 is 0 Å². The molecule has 1 aliphatic heterocycles. The minimum atomic E-state index is 0.550. The van der Waals surface area contributed by atoms with Gasteiger partial charge in [0, 0.05) is 23.2 Å². The maximum atomic E-state index is 4.65. The van der Waals surface area contributed by atoms with Crippen LogP contribution in [0.4, 0.5) is 0 Å². The SMILES string of the molecule is Cc1cn(-c2cncc3[nH]c(-c4n[nH]c5ncc(C6CCNCC6)cc45)cc23)cn1. The number of hydrogen-bond acceptors (Lipinski definition) is 5. The summed E-state index contributed by atoms with van der Waals surface area (Å²) in [6.07, 6.45) is 11.8. The Labute approximate surface area is 172 Å². The lowest BCUT2D eigenvalue weighted by Crippen LogP contribution is -2.26.